The van der Waals surface area contributed by atoms with Crippen LogP contribution in [0, 0.1) is 0 Å². The van der Waals surface area contributed by atoms with Crippen molar-refractivity contribution in [3.05, 3.63) is 73.3 Å². The van der Waals surface area contributed by atoms with Crippen molar-refractivity contribution in [1.82, 2.24) is 0 Å². The van der Waals surface area contributed by atoms with Crippen LogP contribution in [0.4, 0.5) is 0 Å². The Bertz CT molecular complexity index is 349. The maximum atomic E-state index is 5.44. The predicted octanol–water partition coefficient (Wildman–Crippen LogP) is 4.82. The number of hydrogen-bond acceptors (Lipinski definition) is 2. The highest BCUT2D eigenvalue weighted by atomic mass is 31.1. The summed E-state index contributed by atoms with van der Waals surface area (Å²) >= 11 is 0. The standard InChI is InChI=1S/C14H19O2P/c1-5-9-12-13(8-4)15-17-16-14(10-6-2)11-7-3/h5-12,17H,1-2H2,3-4H3/b11-7-,12-9-,13-8+,14-10+. The van der Waals surface area contributed by atoms with Gasteiger partial charge in [-0.15, -0.1) is 0 Å². The molecule has 2 nitrogen and oxygen atoms in total. The molecule has 0 heterocycles. The predicted molar refractivity (Wildman–Crippen MR) is 76.7 cm³/mol. The molecule has 0 fully saturated rings. The lowest BCUT2D eigenvalue weighted by Crippen LogP contribution is -1.81. The summed E-state index contributed by atoms with van der Waals surface area (Å²) in [6, 6.07) is 0. The lowest BCUT2D eigenvalue weighted by Gasteiger charge is -2.07. The van der Waals surface area contributed by atoms with Crippen LogP contribution in [0.1, 0.15) is 13.8 Å². The molecule has 0 radical (unpaired) electrons. The van der Waals surface area contributed by atoms with Gasteiger partial charge in [0.25, 0.3) is 9.03 Å². The number of rotatable bonds is 8. The van der Waals surface area contributed by atoms with Gasteiger partial charge in [-0.25, -0.2) is 0 Å². The fraction of sp³-hybridized carbons (Fsp3) is 0.143. The first-order chi connectivity index (χ1) is 8.28. The van der Waals surface area contributed by atoms with E-state index in [2.05, 4.69) is 13.2 Å². The molecule has 0 aliphatic carbocycles. The molecule has 92 valence electrons. The third-order valence-electron chi connectivity index (χ3n) is 1.61. The number of hydrogen-bond donors (Lipinski definition) is 0. The topological polar surface area (TPSA) is 18.5 Å². The van der Waals surface area contributed by atoms with Gasteiger partial charge >= 0.3 is 0 Å². The molecule has 17 heavy (non-hydrogen) atoms. The monoisotopic (exact) mass is 250 g/mol. The van der Waals surface area contributed by atoms with Gasteiger partial charge in [-0.3, -0.25) is 0 Å². The lowest BCUT2D eigenvalue weighted by molar-refractivity contribution is 0.394. The van der Waals surface area contributed by atoms with E-state index >= 15 is 0 Å². The zero-order valence-corrected chi connectivity index (χ0v) is 11.3. The second-order valence-electron chi connectivity index (χ2n) is 2.88. The first-order valence-corrected chi connectivity index (χ1v) is 6.09. The van der Waals surface area contributed by atoms with Crippen LogP contribution in [0.3, 0.4) is 0 Å². The van der Waals surface area contributed by atoms with Crippen LogP contribution in [0.25, 0.3) is 0 Å². The molecular formula is C14H19O2P. The average molecular weight is 250 g/mol. The summed E-state index contributed by atoms with van der Waals surface area (Å²) < 4.78 is 10.9. The molecule has 0 aromatic carbocycles. The summed E-state index contributed by atoms with van der Waals surface area (Å²) in [6.07, 6.45) is 14.4. The van der Waals surface area contributed by atoms with Gasteiger partial charge < -0.3 is 9.05 Å². The van der Waals surface area contributed by atoms with Crippen molar-refractivity contribution in [2.24, 2.45) is 0 Å². The zero-order chi connectivity index (χ0) is 12.9. The summed E-state index contributed by atoms with van der Waals surface area (Å²) in [5.74, 6) is 1.48. The van der Waals surface area contributed by atoms with Crippen molar-refractivity contribution >= 4 is 9.03 Å². The zero-order valence-electron chi connectivity index (χ0n) is 10.3. The van der Waals surface area contributed by atoms with Gasteiger partial charge in [-0.2, -0.15) is 0 Å². The molecule has 0 saturated heterocycles. The first kappa shape index (κ1) is 15.5. The minimum atomic E-state index is -0.0905. The molecule has 0 aromatic rings. The Balaban J connectivity index is 4.19. The van der Waals surface area contributed by atoms with Gasteiger partial charge in [0.1, 0.15) is 11.5 Å². The largest absolute Gasteiger partial charge is 0.441 e. The molecule has 0 saturated carbocycles. The Hall–Kier alpha value is -1.53. The summed E-state index contributed by atoms with van der Waals surface area (Å²) in [5.41, 5.74) is 0. The Labute approximate surface area is 106 Å². The normalized spacial score (nSPS) is 13.8. The van der Waals surface area contributed by atoms with Crippen molar-refractivity contribution in [1.29, 1.82) is 0 Å². The van der Waals surface area contributed by atoms with Gasteiger partial charge in [-0.1, -0.05) is 37.5 Å². The molecule has 0 aromatic heterocycles. The summed E-state index contributed by atoms with van der Waals surface area (Å²) in [6.45, 7) is 11.0. The van der Waals surface area contributed by atoms with Crippen molar-refractivity contribution < 1.29 is 9.05 Å². The fourth-order valence-electron chi connectivity index (χ4n) is 0.873. The quantitative estimate of drug-likeness (QED) is 0.349. The van der Waals surface area contributed by atoms with Crippen LogP contribution in [-0.2, 0) is 9.05 Å². The maximum absolute atomic E-state index is 5.44. The molecule has 0 bridgehead atoms. The first-order valence-electron chi connectivity index (χ1n) is 5.28. The minimum Gasteiger partial charge on any atom is -0.441 e. The van der Waals surface area contributed by atoms with E-state index in [0.717, 1.165) is 11.5 Å². The van der Waals surface area contributed by atoms with Crippen LogP contribution >= 0.6 is 9.03 Å². The van der Waals surface area contributed by atoms with E-state index in [9.17, 15) is 0 Å². The van der Waals surface area contributed by atoms with Crippen LogP contribution < -0.4 is 0 Å². The van der Waals surface area contributed by atoms with Crippen molar-refractivity contribution in [3.63, 3.8) is 0 Å². The molecule has 0 aliphatic heterocycles. The van der Waals surface area contributed by atoms with Crippen LogP contribution in [0.5, 0.6) is 0 Å². The molecule has 3 heteroatoms. The van der Waals surface area contributed by atoms with Crippen molar-refractivity contribution in [2.45, 2.75) is 13.8 Å². The molecule has 0 amide bonds. The Morgan fingerprint density at radius 2 is 1.71 bits per heavy atom. The summed E-state index contributed by atoms with van der Waals surface area (Å²) in [5, 5.41) is 0. The van der Waals surface area contributed by atoms with Crippen LogP contribution in [0.15, 0.2) is 73.3 Å². The van der Waals surface area contributed by atoms with E-state index in [0.29, 0.717) is 0 Å². The van der Waals surface area contributed by atoms with Crippen molar-refractivity contribution in [3.8, 4) is 0 Å². The molecule has 1 atom stereocenters. The molecule has 0 N–H and O–H groups in total. The fourth-order valence-corrected chi connectivity index (χ4v) is 1.43. The Morgan fingerprint density at radius 3 is 2.24 bits per heavy atom. The van der Waals surface area contributed by atoms with Crippen LogP contribution in [-0.4, -0.2) is 0 Å². The van der Waals surface area contributed by atoms with Gasteiger partial charge in [0.15, 0.2) is 0 Å². The van der Waals surface area contributed by atoms with Gasteiger partial charge in [-0.05, 0) is 38.2 Å². The average Bonchev–Trinajstić information content (AvgIpc) is 2.34. The molecule has 1 unspecified atom stereocenters. The summed E-state index contributed by atoms with van der Waals surface area (Å²) in [7, 11) is -0.0905. The van der Waals surface area contributed by atoms with Gasteiger partial charge in [0, 0.05) is 0 Å². The molecule has 0 aliphatic rings. The van der Waals surface area contributed by atoms with E-state index in [1.807, 2.05) is 44.2 Å². The highest BCUT2D eigenvalue weighted by Crippen LogP contribution is 2.24. The van der Waals surface area contributed by atoms with Gasteiger partial charge in [0.05, 0.1) is 0 Å². The Morgan fingerprint density at radius 1 is 1.00 bits per heavy atom. The van der Waals surface area contributed by atoms with Gasteiger partial charge in [0.2, 0.25) is 0 Å². The molecule has 0 spiro atoms. The summed E-state index contributed by atoms with van der Waals surface area (Å²) in [4.78, 5) is 0. The smallest absolute Gasteiger partial charge is 0.275 e. The van der Waals surface area contributed by atoms with E-state index in [4.69, 9.17) is 9.05 Å². The van der Waals surface area contributed by atoms with Crippen LogP contribution in [0.2, 0.25) is 0 Å². The van der Waals surface area contributed by atoms with E-state index in [1.165, 1.54) is 0 Å². The lowest BCUT2D eigenvalue weighted by atomic mass is 10.4. The van der Waals surface area contributed by atoms with E-state index in [1.54, 1.807) is 18.2 Å². The highest BCUT2D eigenvalue weighted by Gasteiger charge is 1.95. The number of allylic oxidation sites excluding steroid dienone is 8. The highest BCUT2D eigenvalue weighted by molar-refractivity contribution is 7.26. The minimum absolute atomic E-state index is 0.0905. The third kappa shape index (κ3) is 8.29. The Kier molecular flexibility index (Phi) is 9.98. The maximum Gasteiger partial charge on any atom is 0.275 e. The molecular weight excluding hydrogens is 231 g/mol. The second-order valence-corrected chi connectivity index (χ2v) is 3.45. The van der Waals surface area contributed by atoms with Crippen molar-refractivity contribution in [2.75, 3.05) is 0 Å². The van der Waals surface area contributed by atoms with E-state index in [-0.39, 0.29) is 9.03 Å². The third-order valence-corrected chi connectivity index (χ3v) is 2.25. The SMILES string of the molecule is C=C/C=C\C(=C/C)OPOC(/C=C\C)=C/C=C. The van der Waals surface area contributed by atoms with E-state index < -0.39 is 0 Å². The second kappa shape index (κ2) is 11.0. The molecule has 0 rings (SSSR count).